The van der Waals surface area contributed by atoms with E-state index in [9.17, 15) is 4.79 Å². The molecule has 0 unspecified atom stereocenters. The number of methoxy groups -OCH3 is 2. The van der Waals surface area contributed by atoms with Crippen molar-refractivity contribution in [3.63, 3.8) is 0 Å². The van der Waals surface area contributed by atoms with Crippen LogP contribution in [-0.2, 0) is 11.2 Å². The summed E-state index contributed by atoms with van der Waals surface area (Å²) in [4.78, 5) is 20.4. The molecule has 0 saturated heterocycles. The zero-order chi connectivity index (χ0) is 21.1. The molecule has 4 aromatic rings. The van der Waals surface area contributed by atoms with E-state index in [0.29, 0.717) is 24.5 Å². The number of amides is 1. The van der Waals surface area contributed by atoms with Crippen molar-refractivity contribution in [2.45, 2.75) is 13.3 Å². The van der Waals surface area contributed by atoms with Gasteiger partial charge in [0, 0.05) is 35.1 Å². The maximum Gasteiger partial charge on any atom is 0.232 e. The van der Waals surface area contributed by atoms with Crippen LogP contribution >= 0.6 is 11.3 Å². The van der Waals surface area contributed by atoms with E-state index in [1.807, 2.05) is 71.4 Å². The first-order valence-corrected chi connectivity index (χ1v) is 10.6. The number of ether oxygens (including phenoxy) is 2. The van der Waals surface area contributed by atoms with Gasteiger partial charge in [0.25, 0.3) is 0 Å². The van der Waals surface area contributed by atoms with Gasteiger partial charge in [-0.3, -0.25) is 9.20 Å². The molecule has 0 atom stereocenters. The van der Waals surface area contributed by atoms with Gasteiger partial charge in [0.15, 0.2) is 16.5 Å². The number of nitrogens with zero attached hydrogens (tertiary/aromatic N) is 3. The highest BCUT2D eigenvalue weighted by atomic mass is 32.1. The van der Waals surface area contributed by atoms with Gasteiger partial charge in [0.05, 0.1) is 26.3 Å². The van der Waals surface area contributed by atoms with Gasteiger partial charge in [-0.05, 0) is 37.3 Å². The van der Waals surface area contributed by atoms with Gasteiger partial charge >= 0.3 is 0 Å². The van der Waals surface area contributed by atoms with E-state index in [1.165, 1.54) is 11.3 Å². The Kier molecular flexibility index (Phi) is 5.72. The Labute approximate surface area is 179 Å². The van der Waals surface area contributed by atoms with E-state index in [0.717, 1.165) is 27.6 Å². The first-order valence-electron chi connectivity index (χ1n) is 9.68. The summed E-state index contributed by atoms with van der Waals surface area (Å²) in [6, 6.07) is 15.5. The molecule has 0 aliphatic carbocycles. The summed E-state index contributed by atoms with van der Waals surface area (Å²) >= 11 is 1.53. The summed E-state index contributed by atoms with van der Waals surface area (Å²) in [6.07, 6.45) is 2.28. The second-order valence-electron chi connectivity index (χ2n) is 6.73. The molecule has 6 nitrogen and oxygen atoms in total. The Morgan fingerprint density at radius 2 is 1.87 bits per heavy atom. The monoisotopic (exact) mass is 421 g/mol. The molecule has 0 N–H and O–H groups in total. The summed E-state index contributed by atoms with van der Waals surface area (Å²) in [5.41, 5.74) is 3.59. The van der Waals surface area contributed by atoms with Crippen LogP contribution in [0.5, 0.6) is 11.5 Å². The highest BCUT2D eigenvalue weighted by Crippen LogP contribution is 2.33. The van der Waals surface area contributed by atoms with Crippen LogP contribution in [0.1, 0.15) is 12.6 Å². The number of imidazole rings is 1. The van der Waals surface area contributed by atoms with E-state index in [4.69, 9.17) is 14.5 Å². The number of thiazole rings is 1. The third-order valence-corrected chi connectivity index (χ3v) is 5.87. The molecule has 2 aromatic heterocycles. The molecule has 30 heavy (non-hydrogen) atoms. The molecule has 2 heterocycles. The predicted octanol–water partition coefficient (Wildman–Crippen LogP) is 4.68. The molecule has 0 spiro atoms. The number of fused-ring (bicyclic) bond motifs is 1. The lowest BCUT2D eigenvalue weighted by Crippen LogP contribution is -2.32. The van der Waals surface area contributed by atoms with Crippen molar-refractivity contribution in [2.24, 2.45) is 0 Å². The number of likely N-dealkylation sites (N-methyl/N-ethyl adjacent to an activating group) is 1. The molecule has 7 heteroatoms. The normalized spacial score (nSPS) is 10.9. The molecule has 0 bridgehead atoms. The summed E-state index contributed by atoms with van der Waals surface area (Å²) in [7, 11) is 3.23. The summed E-state index contributed by atoms with van der Waals surface area (Å²) in [5, 5.41) is 2.00. The van der Waals surface area contributed by atoms with Crippen molar-refractivity contribution in [3.05, 3.63) is 65.8 Å². The van der Waals surface area contributed by atoms with Crippen LogP contribution in [0.15, 0.2) is 60.1 Å². The van der Waals surface area contributed by atoms with Gasteiger partial charge in [-0.1, -0.05) is 18.2 Å². The zero-order valence-electron chi connectivity index (χ0n) is 17.2. The van der Waals surface area contributed by atoms with Gasteiger partial charge in [-0.25, -0.2) is 4.98 Å². The number of carbonyl (C=O) groups is 1. The minimum absolute atomic E-state index is 0.0600. The fraction of sp³-hybridized carbons (Fsp3) is 0.217. The highest BCUT2D eigenvalue weighted by Gasteiger charge is 2.18. The Morgan fingerprint density at radius 1 is 1.10 bits per heavy atom. The summed E-state index contributed by atoms with van der Waals surface area (Å²) < 4.78 is 12.7. The summed E-state index contributed by atoms with van der Waals surface area (Å²) in [5.74, 6) is 1.39. The van der Waals surface area contributed by atoms with E-state index >= 15 is 0 Å². The minimum Gasteiger partial charge on any atom is -0.493 e. The fourth-order valence-corrected chi connectivity index (χ4v) is 4.33. The van der Waals surface area contributed by atoms with E-state index in [1.54, 1.807) is 19.1 Å². The number of carbonyl (C=O) groups excluding carboxylic acids is 1. The first kappa shape index (κ1) is 20.0. The van der Waals surface area contributed by atoms with Gasteiger partial charge in [0.1, 0.15) is 0 Å². The third-order valence-electron chi connectivity index (χ3n) is 4.98. The molecule has 0 saturated carbocycles. The maximum absolute atomic E-state index is 13.0. The van der Waals surface area contributed by atoms with Crippen molar-refractivity contribution in [3.8, 4) is 22.8 Å². The average molecular weight is 422 g/mol. The molecular weight excluding hydrogens is 398 g/mol. The molecule has 4 rings (SSSR count). The van der Waals surface area contributed by atoms with Gasteiger partial charge in [0.2, 0.25) is 5.91 Å². The average Bonchev–Trinajstić information content (AvgIpc) is 3.36. The first-order chi connectivity index (χ1) is 14.6. The molecule has 154 valence electrons. The Morgan fingerprint density at radius 3 is 2.57 bits per heavy atom. The van der Waals surface area contributed by atoms with Crippen LogP contribution in [0, 0.1) is 0 Å². The van der Waals surface area contributed by atoms with E-state index < -0.39 is 0 Å². The number of aromatic nitrogens is 2. The number of rotatable bonds is 7. The van der Waals surface area contributed by atoms with E-state index in [-0.39, 0.29) is 5.91 Å². The van der Waals surface area contributed by atoms with Gasteiger partial charge in [-0.15, -0.1) is 11.3 Å². The minimum atomic E-state index is 0.0600. The highest BCUT2D eigenvalue weighted by molar-refractivity contribution is 7.15. The lowest BCUT2D eigenvalue weighted by Gasteiger charge is -2.20. The molecule has 0 fully saturated rings. The number of hydrogen-bond acceptors (Lipinski definition) is 5. The van der Waals surface area contributed by atoms with Crippen LogP contribution in [0.25, 0.3) is 16.2 Å². The molecular formula is C23H23N3O3S. The smallest absolute Gasteiger partial charge is 0.232 e. The molecule has 0 aliphatic heterocycles. The van der Waals surface area contributed by atoms with Crippen molar-refractivity contribution >= 4 is 27.9 Å². The SMILES string of the molecule is CCN(C(=O)Cc1csc2nc(-c3ccc(OC)c(OC)c3)cn12)c1ccccc1. The van der Waals surface area contributed by atoms with Crippen molar-refractivity contribution in [1.29, 1.82) is 0 Å². The lowest BCUT2D eigenvalue weighted by molar-refractivity contribution is -0.118. The number of hydrogen-bond donors (Lipinski definition) is 0. The van der Waals surface area contributed by atoms with Crippen LogP contribution in [0.2, 0.25) is 0 Å². The number of para-hydroxylation sites is 1. The van der Waals surface area contributed by atoms with Crippen LogP contribution in [0.3, 0.4) is 0 Å². The Hall–Kier alpha value is -3.32. The lowest BCUT2D eigenvalue weighted by atomic mass is 10.1. The van der Waals surface area contributed by atoms with Crippen LogP contribution < -0.4 is 14.4 Å². The zero-order valence-corrected chi connectivity index (χ0v) is 18.0. The van der Waals surface area contributed by atoms with Gasteiger partial charge in [-0.2, -0.15) is 0 Å². The van der Waals surface area contributed by atoms with Crippen molar-refractivity contribution in [1.82, 2.24) is 9.38 Å². The van der Waals surface area contributed by atoms with E-state index in [2.05, 4.69) is 0 Å². The standard InChI is InChI=1S/C23H23N3O3S/c1-4-25(17-8-6-5-7-9-17)22(27)13-18-15-30-23-24-19(14-26(18)23)16-10-11-20(28-2)21(12-16)29-3/h5-12,14-15H,4,13H2,1-3H3. The fourth-order valence-electron chi connectivity index (χ4n) is 3.45. The maximum atomic E-state index is 13.0. The second-order valence-corrected chi connectivity index (χ2v) is 7.56. The van der Waals surface area contributed by atoms with Crippen LogP contribution in [-0.4, -0.2) is 36.1 Å². The second kappa shape index (κ2) is 8.59. The topological polar surface area (TPSA) is 56.1 Å². The third kappa shape index (κ3) is 3.76. The molecule has 0 radical (unpaired) electrons. The van der Waals surface area contributed by atoms with Gasteiger partial charge < -0.3 is 14.4 Å². The van der Waals surface area contributed by atoms with Crippen molar-refractivity contribution in [2.75, 3.05) is 25.7 Å². The molecule has 0 aliphatic rings. The number of benzene rings is 2. The number of anilines is 1. The summed E-state index contributed by atoms with van der Waals surface area (Å²) in [6.45, 7) is 2.61. The molecule has 1 amide bonds. The van der Waals surface area contributed by atoms with Crippen LogP contribution in [0.4, 0.5) is 5.69 Å². The molecule has 2 aromatic carbocycles. The Bertz CT molecular complexity index is 1170. The quantitative estimate of drug-likeness (QED) is 0.435. The Balaban J connectivity index is 1.61. The largest absolute Gasteiger partial charge is 0.493 e. The van der Waals surface area contributed by atoms with Crippen molar-refractivity contribution < 1.29 is 14.3 Å². The predicted molar refractivity (Wildman–Crippen MR) is 120 cm³/mol.